The van der Waals surface area contributed by atoms with E-state index in [0.717, 1.165) is 25.3 Å². The molecule has 4 nitrogen and oxygen atoms in total. The zero-order valence-corrected chi connectivity index (χ0v) is 12.9. The van der Waals surface area contributed by atoms with Gasteiger partial charge in [0.15, 0.2) is 0 Å². The summed E-state index contributed by atoms with van der Waals surface area (Å²) >= 11 is 5.80. The summed E-state index contributed by atoms with van der Waals surface area (Å²) in [5.74, 6) is 0.688. The Morgan fingerprint density at radius 1 is 1.25 bits per heavy atom. The maximum absolute atomic E-state index is 11.2. The summed E-state index contributed by atoms with van der Waals surface area (Å²) in [6.07, 6.45) is 1.27. The van der Waals surface area contributed by atoms with Gasteiger partial charge in [-0.25, -0.2) is 0 Å². The highest BCUT2D eigenvalue weighted by Crippen LogP contribution is 2.15. The van der Waals surface area contributed by atoms with E-state index in [1.807, 2.05) is 26.1 Å². The average Bonchev–Trinajstić information content (AvgIpc) is 2.41. The summed E-state index contributed by atoms with van der Waals surface area (Å²) in [7, 11) is 2.01. The summed E-state index contributed by atoms with van der Waals surface area (Å²) < 4.78 is 10.5. The fourth-order valence-electron chi connectivity index (χ4n) is 1.69. The molecule has 0 aliphatic rings. The van der Waals surface area contributed by atoms with Crippen LogP contribution in [0.2, 0.25) is 5.02 Å². The van der Waals surface area contributed by atoms with Gasteiger partial charge in [0.2, 0.25) is 0 Å². The van der Waals surface area contributed by atoms with Crippen molar-refractivity contribution in [3.63, 3.8) is 0 Å². The maximum atomic E-state index is 11.2. The molecular formula is C15H22ClNO3. The number of ether oxygens (including phenoxy) is 2. The Balaban J connectivity index is 2.09. The zero-order chi connectivity index (χ0) is 14.8. The van der Waals surface area contributed by atoms with Crippen molar-refractivity contribution < 1.29 is 14.3 Å². The Morgan fingerprint density at radius 2 is 1.95 bits per heavy atom. The van der Waals surface area contributed by atoms with Crippen molar-refractivity contribution >= 4 is 17.6 Å². The van der Waals surface area contributed by atoms with E-state index in [4.69, 9.17) is 21.1 Å². The predicted molar refractivity (Wildman–Crippen MR) is 80.3 cm³/mol. The van der Waals surface area contributed by atoms with Crippen LogP contribution in [0.3, 0.4) is 0 Å². The Kier molecular flexibility index (Phi) is 8.07. The van der Waals surface area contributed by atoms with Crippen LogP contribution in [0.25, 0.3) is 0 Å². The van der Waals surface area contributed by atoms with Gasteiger partial charge in [-0.3, -0.25) is 4.79 Å². The van der Waals surface area contributed by atoms with Crippen molar-refractivity contribution in [1.82, 2.24) is 4.90 Å². The summed E-state index contributed by atoms with van der Waals surface area (Å²) in [6, 6.07) is 7.31. The summed E-state index contributed by atoms with van der Waals surface area (Å²) in [5.41, 5.74) is 0. The molecule has 0 N–H and O–H groups in total. The molecule has 0 heterocycles. The topological polar surface area (TPSA) is 38.8 Å². The minimum atomic E-state index is -0.127. The van der Waals surface area contributed by atoms with Crippen LogP contribution >= 0.6 is 11.6 Å². The smallest absolute Gasteiger partial charge is 0.305 e. The maximum Gasteiger partial charge on any atom is 0.305 e. The van der Waals surface area contributed by atoms with E-state index in [0.29, 0.717) is 24.7 Å². The fourth-order valence-corrected chi connectivity index (χ4v) is 1.81. The number of esters is 1. The van der Waals surface area contributed by atoms with Gasteiger partial charge in [-0.05, 0) is 51.2 Å². The molecule has 112 valence electrons. The third kappa shape index (κ3) is 7.36. The van der Waals surface area contributed by atoms with Crippen LogP contribution in [0.5, 0.6) is 5.75 Å². The van der Waals surface area contributed by atoms with Crippen molar-refractivity contribution in [2.24, 2.45) is 0 Å². The molecule has 0 unspecified atom stereocenters. The molecule has 0 bridgehead atoms. The van der Waals surface area contributed by atoms with E-state index in [9.17, 15) is 4.79 Å². The second-order valence-electron chi connectivity index (χ2n) is 4.51. The van der Waals surface area contributed by atoms with Gasteiger partial charge in [0.05, 0.1) is 6.61 Å². The van der Waals surface area contributed by atoms with Crippen LogP contribution < -0.4 is 4.74 Å². The highest BCUT2D eigenvalue weighted by molar-refractivity contribution is 6.30. The predicted octanol–water partition coefficient (Wildman–Crippen LogP) is 2.99. The van der Waals surface area contributed by atoms with Gasteiger partial charge >= 0.3 is 5.97 Å². The minimum Gasteiger partial charge on any atom is -0.492 e. The number of carbonyl (C=O) groups excluding carboxylic acids is 1. The first-order valence-electron chi connectivity index (χ1n) is 6.84. The van der Waals surface area contributed by atoms with Crippen molar-refractivity contribution in [3.8, 4) is 5.75 Å². The third-order valence-electron chi connectivity index (χ3n) is 2.78. The van der Waals surface area contributed by atoms with Crippen molar-refractivity contribution in [1.29, 1.82) is 0 Å². The lowest BCUT2D eigenvalue weighted by atomic mass is 10.3. The van der Waals surface area contributed by atoms with Crippen LogP contribution in [0, 0.1) is 0 Å². The first kappa shape index (κ1) is 16.8. The van der Waals surface area contributed by atoms with Crippen molar-refractivity contribution in [2.75, 3.05) is 33.4 Å². The number of rotatable bonds is 9. The van der Waals surface area contributed by atoms with E-state index in [2.05, 4.69) is 4.90 Å². The molecule has 0 radical (unpaired) electrons. The molecule has 0 amide bonds. The fraction of sp³-hybridized carbons (Fsp3) is 0.533. The lowest BCUT2D eigenvalue weighted by Crippen LogP contribution is -2.25. The molecule has 20 heavy (non-hydrogen) atoms. The zero-order valence-electron chi connectivity index (χ0n) is 12.1. The van der Waals surface area contributed by atoms with Crippen LogP contribution in [0.4, 0.5) is 0 Å². The van der Waals surface area contributed by atoms with Crippen LogP contribution in [0.1, 0.15) is 19.8 Å². The number of hydrogen-bond donors (Lipinski definition) is 0. The first-order valence-corrected chi connectivity index (χ1v) is 7.22. The molecule has 1 aromatic rings. The van der Waals surface area contributed by atoms with Gasteiger partial charge in [0.25, 0.3) is 0 Å². The highest BCUT2D eigenvalue weighted by atomic mass is 35.5. The minimum absolute atomic E-state index is 0.127. The van der Waals surface area contributed by atoms with E-state index < -0.39 is 0 Å². The van der Waals surface area contributed by atoms with Crippen molar-refractivity contribution in [3.05, 3.63) is 29.3 Å². The largest absolute Gasteiger partial charge is 0.492 e. The SMILES string of the molecule is CCOC(=O)CCCN(C)CCOc1ccc(Cl)cc1. The number of nitrogens with zero attached hydrogens (tertiary/aromatic N) is 1. The third-order valence-corrected chi connectivity index (χ3v) is 3.03. The molecular weight excluding hydrogens is 278 g/mol. The van der Waals surface area contributed by atoms with E-state index in [-0.39, 0.29) is 5.97 Å². The average molecular weight is 300 g/mol. The normalized spacial score (nSPS) is 10.6. The molecule has 0 spiro atoms. The van der Waals surface area contributed by atoms with Crippen LogP contribution in [0.15, 0.2) is 24.3 Å². The lowest BCUT2D eigenvalue weighted by Gasteiger charge is -2.16. The Morgan fingerprint density at radius 3 is 2.60 bits per heavy atom. The van der Waals surface area contributed by atoms with Crippen molar-refractivity contribution in [2.45, 2.75) is 19.8 Å². The van der Waals surface area contributed by atoms with Gasteiger partial charge in [-0.1, -0.05) is 11.6 Å². The molecule has 1 rings (SSSR count). The number of benzene rings is 1. The quantitative estimate of drug-likeness (QED) is 0.657. The molecule has 0 fully saturated rings. The molecule has 5 heteroatoms. The van der Waals surface area contributed by atoms with Gasteiger partial charge in [0.1, 0.15) is 12.4 Å². The molecule has 0 saturated heterocycles. The van der Waals surface area contributed by atoms with Gasteiger partial charge < -0.3 is 14.4 Å². The molecule has 0 aliphatic heterocycles. The summed E-state index contributed by atoms with van der Waals surface area (Å²) in [4.78, 5) is 13.3. The summed E-state index contributed by atoms with van der Waals surface area (Å²) in [6.45, 7) is 4.54. The van der Waals surface area contributed by atoms with Crippen LogP contribution in [-0.4, -0.2) is 44.2 Å². The molecule has 0 saturated carbocycles. The van der Waals surface area contributed by atoms with Gasteiger partial charge in [-0.15, -0.1) is 0 Å². The lowest BCUT2D eigenvalue weighted by molar-refractivity contribution is -0.143. The Hall–Kier alpha value is -1.26. The van der Waals surface area contributed by atoms with E-state index >= 15 is 0 Å². The Bertz CT molecular complexity index is 395. The number of halogens is 1. The summed E-state index contributed by atoms with van der Waals surface area (Å²) in [5, 5.41) is 0.702. The Labute approximate surface area is 125 Å². The first-order chi connectivity index (χ1) is 9.61. The highest BCUT2D eigenvalue weighted by Gasteiger charge is 2.04. The second-order valence-corrected chi connectivity index (χ2v) is 4.95. The molecule has 1 aromatic carbocycles. The molecule has 0 aromatic heterocycles. The number of hydrogen-bond acceptors (Lipinski definition) is 4. The van der Waals surface area contributed by atoms with E-state index in [1.165, 1.54) is 0 Å². The van der Waals surface area contributed by atoms with Gasteiger partial charge in [-0.2, -0.15) is 0 Å². The molecule has 0 aliphatic carbocycles. The second kappa shape index (κ2) is 9.61. The molecule has 0 atom stereocenters. The monoisotopic (exact) mass is 299 g/mol. The van der Waals surface area contributed by atoms with Gasteiger partial charge in [0, 0.05) is 18.0 Å². The van der Waals surface area contributed by atoms with Crippen LogP contribution in [-0.2, 0) is 9.53 Å². The number of likely N-dealkylation sites (N-methyl/N-ethyl adjacent to an activating group) is 1. The number of carbonyl (C=O) groups is 1. The van der Waals surface area contributed by atoms with E-state index in [1.54, 1.807) is 12.1 Å². The standard InChI is InChI=1S/C15H22ClNO3/c1-3-19-15(18)5-4-10-17(2)11-12-20-14-8-6-13(16)7-9-14/h6-9H,3-5,10-12H2,1-2H3.